The summed E-state index contributed by atoms with van der Waals surface area (Å²) in [6.07, 6.45) is 1.49. The minimum Gasteiger partial charge on any atom is -0.467 e. The molecule has 2 rings (SSSR count). The van der Waals surface area contributed by atoms with Crippen LogP contribution in [0.25, 0.3) is 10.8 Å². The van der Waals surface area contributed by atoms with Gasteiger partial charge in [-0.2, -0.15) is 0 Å². The van der Waals surface area contributed by atoms with Crippen LogP contribution in [0.2, 0.25) is 0 Å². The average Bonchev–Trinajstić information content (AvgIpc) is 2.51. The van der Waals surface area contributed by atoms with Crippen molar-refractivity contribution in [3.05, 3.63) is 36.7 Å². The van der Waals surface area contributed by atoms with Gasteiger partial charge >= 0.3 is 5.97 Å². The van der Waals surface area contributed by atoms with Gasteiger partial charge in [0.05, 0.1) is 12.0 Å². The fraction of sp³-hybridized carbons (Fsp3) is 0.231. The Morgan fingerprint density at radius 1 is 1.43 bits per heavy atom. The molecule has 0 spiro atoms. The van der Waals surface area contributed by atoms with E-state index in [1.165, 1.54) is 12.3 Å². The van der Waals surface area contributed by atoms with Gasteiger partial charge in [-0.25, -0.2) is 17.9 Å². The Bertz CT molecular complexity index is 755. The maximum atomic E-state index is 12.3. The van der Waals surface area contributed by atoms with Crippen molar-refractivity contribution < 1.29 is 23.1 Å². The largest absolute Gasteiger partial charge is 0.467 e. The zero-order chi connectivity index (χ0) is 15.5. The number of fused-ring (bicyclic) bond motifs is 1. The normalized spacial score (nSPS) is 13.0. The molecule has 8 heteroatoms. The fourth-order valence-corrected chi connectivity index (χ4v) is 3.08. The van der Waals surface area contributed by atoms with Crippen LogP contribution in [0.15, 0.2) is 41.6 Å². The second kappa shape index (κ2) is 6.17. The van der Waals surface area contributed by atoms with Crippen LogP contribution in [0.5, 0.6) is 0 Å². The van der Waals surface area contributed by atoms with E-state index >= 15 is 0 Å². The number of nitrogens with one attached hydrogen (secondary N) is 1. The van der Waals surface area contributed by atoms with Gasteiger partial charge in [0, 0.05) is 29.7 Å². The van der Waals surface area contributed by atoms with Crippen molar-refractivity contribution >= 4 is 26.8 Å². The summed E-state index contributed by atoms with van der Waals surface area (Å²) >= 11 is 0. The van der Waals surface area contributed by atoms with Crippen LogP contribution in [0.3, 0.4) is 0 Å². The standard InChI is InChI=1S/C13H14N2O5S/c1-20-13(17)11(16)8-15-21(18,19)12-4-2-3-9-7-14-6-5-10(9)12/h2-7,11,15-16H,8H2,1H3. The number of ether oxygens (including phenoxy) is 1. The SMILES string of the molecule is COC(=O)C(O)CNS(=O)(=O)c1cccc2cnccc12. The van der Waals surface area contributed by atoms with E-state index in [2.05, 4.69) is 14.4 Å². The topological polar surface area (TPSA) is 106 Å². The molecule has 0 aliphatic rings. The minimum absolute atomic E-state index is 0.0551. The maximum Gasteiger partial charge on any atom is 0.336 e. The number of methoxy groups -OCH3 is 1. The van der Waals surface area contributed by atoms with Gasteiger partial charge < -0.3 is 9.84 Å². The summed E-state index contributed by atoms with van der Waals surface area (Å²) in [5, 5.41) is 10.6. The maximum absolute atomic E-state index is 12.3. The predicted molar refractivity (Wildman–Crippen MR) is 75.0 cm³/mol. The molecule has 1 aromatic carbocycles. The molecule has 0 aliphatic carbocycles. The lowest BCUT2D eigenvalue weighted by Gasteiger charge is -2.11. The smallest absolute Gasteiger partial charge is 0.336 e. The highest BCUT2D eigenvalue weighted by molar-refractivity contribution is 7.89. The highest BCUT2D eigenvalue weighted by atomic mass is 32.2. The Labute approximate surface area is 121 Å². The van der Waals surface area contributed by atoms with Gasteiger partial charge in [-0.1, -0.05) is 12.1 Å². The molecule has 0 amide bonds. The van der Waals surface area contributed by atoms with Crippen molar-refractivity contribution in [2.45, 2.75) is 11.0 Å². The summed E-state index contributed by atoms with van der Waals surface area (Å²) in [6, 6.07) is 6.36. The van der Waals surface area contributed by atoms with Gasteiger partial charge in [0.25, 0.3) is 0 Å². The number of aliphatic hydroxyl groups is 1. The number of carbonyl (C=O) groups excluding carboxylic acids is 1. The third-order valence-corrected chi connectivity index (χ3v) is 4.35. The summed E-state index contributed by atoms with van der Waals surface area (Å²) in [5.74, 6) is -0.903. The summed E-state index contributed by atoms with van der Waals surface area (Å²) in [5.41, 5.74) is 0. The van der Waals surface area contributed by atoms with Crippen LogP contribution >= 0.6 is 0 Å². The monoisotopic (exact) mass is 310 g/mol. The highest BCUT2D eigenvalue weighted by Gasteiger charge is 2.21. The van der Waals surface area contributed by atoms with Crippen molar-refractivity contribution in [3.8, 4) is 0 Å². The first kappa shape index (κ1) is 15.4. The number of hydrogen-bond donors (Lipinski definition) is 2. The first-order chi connectivity index (χ1) is 9.95. The summed E-state index contributed by atoms with van der Waals surface area (Å²) in [4.78, 5) is 15.0. The Morgan fingerprint density at radius 3 is 2.90 bits per heavy atom. The van der Waals surface area contributed by atoms with Gasteiger partial charge in [0.1, 0.15) is 0 Å². The Morgan fingerprint density at radius 2 is 2.19 bits per heavy atom. The van der Waals surface area contributed by atoms with Crippen LogP contribution in [0.1, 0.15) is 0 Å². The Hall–Kier alpha value is -2.03. The van der Waals surface area contributed by atoms with Crippen molar-refractivity contribution in [1.82, 2.24) is 9.71 Å². The van der Waals surface area contributed by atoms with E-state index in [0.717, 1.165) is 7.11 Å². The third kappa shape index (κ3) is 3.35. The molecular formula is C13H14N2O5S. The van der Waals surface area contributed by atoms with E-state index in [1.54, 1.807) is 24.4 Å². The molecule has 0 saturated heterocycles. The van der Waals surface area contributed by atoms with Crippen molar-refractivity contribution in [2.24, 2.45) is 0 Å². The molecule has 1 atom stereocenters. The molecule has 1 heterocycles. The van der Waals surface area contributed by atoms with E-state index < -0.39 is 28.6 Å². The molecule has 7 nitrogen and oxygen atoms in total. The molecule has 1 unspecified atom stereocenters. The van der Waals surface area contributed by atoms with E-state index in [-0.39, 0.29) is 4.90 Å². The minimum atomic E-state index is -3.87. The Balaban J connectivity index is 2.28. The quantitative estimate of drug-likeness (QED) is 0.756. The van der Waals surface area contributed by atoms with Crippen molar-refractivity contribution in [3.63, 3.8) is 0 Å². The summed E-state index contributed by atoms with van der Waals surface area (Å²) in [6.45, 7) is -0.462. The van der Waals surface area contributed by atoms with Crippen LogP contribution in [-0.4, -0.2) is 44.2 Å². The second-order valence-electron chi connectivity index (χ2n) is 4.24. The number of hydrogen-bond acceptors (Lipinski definition) is 6. The number of sulfonamides is 1. The first-order valence-corrected chi connectivity index (χ1v) is 7.52. The number of rotatable bonds is 5. The van der Waals surface area contributed by atoms with Gasteiger partial charge in [-0.3, -0.25) is 4.98 Å². The number of benzene rings is 1. The van der Waals surface area contributed by atoms with Gasteiger partial charge in [-0.15, -0.1) is 0 Å². The number of carbonyl (C=O) groups is 1. The van der Waals surface area contributed by atoms with Crippen LogP contribution in [0.4, 0.5) is 0 Å². The number of pyridine rings is 1. The molecule has 2 N–H and O–H groups in total. The summed E-state index contributed by atoms with van der Waals surface area (Å²) < 4.78 is 31.0. The van der Waals surface area contributed by atoms with Crippen LogP contribution < -0.4 is 4.72 Å². The van der Waals surface area contributed by atoms with E-state index in [9.17, 15) is 18.3 Å². The molecule has 21 heavy (non-hydrogen) atoms. The first-order valence-electron chi connectivity index (χ1n) is 6.04. The highest BCUT2D eigenvalue weighted by Crippen LogP contribution is 2.21. The van der Waals surface area contributed by atoms with E-state index in [1.807, 2.05) is 0 Å². The number of nitrogens with zero attached hydrogens (tertiary/aromatic N) is 1. The molecule has 1 aromatic heterocycles. The predicted octanol–water partition coefficient (Wildman–Crippen LogP) is 0.0470. The van der Waals surface area contributed by atoms with Crippen molar-refractivity contribution in [1.29, 1.82) is 0 Å². The molecule has 112 valence electrons. The molecule has 0 radical (unpaired) electrons. The molecule has 0 aliphatic heterocycles. The van der Waals surface area contributed by atoms with Crippen LogP contribution in [-0.2, 0) is 19.6 Å². The van der Waals surface area contributed by atoms with Gasteiger partial charge in [0.2, 0.25) is 10.0 Å². The van der Waals surface area contributed by atoms with E-state index in [0.29, 0.717) is 10.8 Å². The lowest BCUT2D eigenvalue weighted by molar-refractivity contribution is -0.149. The molecule has 2 aromatic rings. The molecule has 0 saturated carbocycles. The van der Waals surface area contributed by atoms with Crippen LogP contribution in [0, 0.1) is 0 Å². The van der Waals surface area contributed by atoms with Crippen molar-refractivity contribution in [2.75, 3.05) is 13.7 Å². The molecule has 0 fully saturated rings. The lowest BCUT2D eigenvalue weighted by Crippen LogP contribution is -2.37. The van der Waals surface area contributed by atoms with Gasteiger partial charge in [0.15, 0.2) is 6.10 Å². The van der Waals surface area contributed by atoms with E-state index in [4.69, 9.17) is 0 Å². The number of aliphatic hydroxyl groups excluding tert-OH is 1. The lowest BCUT2D eigenvalue weighted by atomic mass is 10.2. The molecular weight excluding hydrogens is 296 g/mol. The Kier molecular flexibility index (Phi) is 4.51. The third-order valence-electron chi connectivity index (χ3n) is 2.87. The van der Waals surface area contributed by atoms with Gasteiger partial charge in [-0.05, 0) is 12.1 Å². The molecule has 0 bridgehead atoms. The second-order valence-corrected chi connectivity index (χ2v) is 5.98. The average molecular weight is 310 g/mol. The summed E-state index contributed by atoms with van der Waals surface area (Å²) in [7, 11) is -2.76. The zero-order valence-electron chi connectivity index (χ0n) is 11.2. The number of aromatic nitrogens is 1. The zero-order valence-corrected chi connectivity index (χ0v) is 12.0. The number of esters is 1. The fourth-order valence-electron chi connectivity index (χ4n) is 1.81.